The third kappa shape index (κ3) is 2.65. The van der Waals surface area contributed by atoms with E-state index < -0.39 is 0 Å². The van der Waals surface area contributed by atoms with E-state index in [4.69, 9.17) is 4.74 Å². The third-order valence-corrected chi connectivity index (χ3v) is 4.54. The van der Waals surface area contributed by atoms with Crippen LogP contribution in [0.15, 0.2) is 24.3 Å². The Morgan fingerprint density at radius 3 is 3.00 bits per heavy atom. The fourth-order valence-corrected chi connectivity index (χ4v) is 3.40. The van der Waals surface area contributed by atoms with Crippen LogP contribution in [0.4, 0.5) is 0 Å². The maximum atomic E-state index is 5.68. The van der Waals surface area contributed by atoms with E-state index >= 15 is 0 Å². The lowest BCUT2D eigenvalue weighted by atomic mass is 10.0. The molecule has 0 saturated carbocycles. The molecule has 1 aliphatic rings. The number of nitrogens with one attached hydrogen (secondary N) is 1. The van der Waals surface area contributed by atoms with Gasteiger partial charge in [-0.3, -0.25) is 0 Å². The molecular weight excluding hydrogens is 256 g/mol. The molecule has 0 aliphatic carbocycles. The van der Waals surface area contributed by atoms with E-state index in [0.29, 0.717) is 6.04 Å². The summed E-state index contributed by atoms with van der Waals surface area (Å²) in [4.78, 5) is 5.81. The van der Waals surface area contributed by atoms with Crippen molar-refractivity contribution in [3.63, 3.8) is 0 Å². The molecule has 0 spiro atoms. The maximum absolute atomic E-state index is 5.68. The molecular formula is C15H18N2OS. The Balaban J connectivity index is 1.73. The quantitative estimate of drug-likeness (QED) is 0.931. The van der Waals surface area contributed by atoms with Gasteiger partial charge in [-0.2, -0.15) is 0 Å². The molecule has 3 rings (SSSR count). The number of aryl methyl sites for hydroxylation is 2. The van der Waals surface area contributed by atoms with Crippen molar-refractivity contribution < 1.29 is 4.74 Å². The SMILES string of the molecule is Cc1nc(C)c(CNC2CCOc3ccccc32)s1. The summed E-state index contributed by atoms with van der Waals surface area (Å²) in [7, 11) is 0. The Labute approximate surface area is 117 Å². The average molecular weight is 274 g/mol. The van der Waals surface area contributed by atoms with Crippen LogP contribution in [0.25, 0.3) is 0 Å². The van der Waals surface area contributed by atoms with Gasteiger partial charge in [-0.15, -0.1) is 11.3 Å². The number of nitrogens with zero attached hydrogens (tertiary/aromatic N) is 1. The van der Waals surface area contributed by atoms with Gasteiger partial charge >= 0.3 is 0 Å². The summed E-state index contributed by atoms with van der Waals surface area (Å²) >= 11 is 1.78. The smallest absolute Gasteiger partial charge is 0.124 e. The maximum Gasteiger partial charge on any atom is 0.124 e. The van der Waals surface area contributed by atoms with Crippen molar-refractivity contribution in [1.82, 2.24) is 10.3 Å². The summed E-state index contributed by atoms with van der Waals surface area (Å²) in [6.07, 6.45) is 1.02. The van der Waals surface area contributed by atoms with Crippen LogP contribution in [0.5, 0.6) is 5.75 Å². The zero-order valence-electron chi connectivity index (χ0n) is 11.3. The minimum atomic E-state index is 0.381. The van der Waals surface area contributed by atoms with E-state index in [2.05, 4.69) is 36.3 Å². The minimum Gasteiger partial charge on any atom is -0.493 e. The van der Waals surface area contributed by atoms with Gasteiger partial charge in [-0.05, 0) is 19.9 Å². The van der Waals surface area contributed by atoms with Crippen molar-refractivity contribution in [2.45, 2.75) is 32.9 Å². The molecule has 0 fully saturated rings. The fraction of sp³-hybridized carbons (Fsp3) is 0.400. The van der Waals surface area contributed by atoms with Gasteiger partial charge in [-0.1, -0.05) is 18.2 Å². The van der Waals surface area contributed by atoms with Crippen molar-refractivity contribution in [1.29, 1.82) is 0 Å². The first-order valence-corrected chi connectivity index (χ1v) is 7.43. The topological polar surface area (TPSA) is 34.2 Å². The Hall–Kier alpha value is -1.39. The number of aromatic nitrogens is 1. The highest BCUT2D eigenvalue weighted by molar-refractivity contribution is 7.11. The molecule has 1 unspecified atom stereocenters. The number of hydrogen-bond donors (Lipinski definition) is 1. The molecule has 0 saturated heterocycles. The normalized spacial score (nSPS) is 17.9. The van der Waals surface area contributed by atoms with Gasteiger partial charge in [0.15, 0.2) is 0 Å². The van der Waals surface area contributed by atoms with Gasteiger partial charge < -0.3 is 10.1 Å². The zero-order chi connectivity index (χ0) is 13.2. The Morgan fingerprint density at radius 1 is 1.37 bits per heavy atom. The van der Waals surface area contributed by atoms with Crippen molar-refractivity contribution in [2.24, 2.45) is 0 Å². The summed E-state index contributed by atoms with van der Waals surface area (Å²) < 4.78 is 5.68. The lowest BCUT2D eigenvalue weighted by molar-refractivity contribution is 0.252. The predicted molar refractivity (Wildman–Crippen MR) is 77.7 cm³/mol. The van der Waals surface area contributed by atoms with Crippen molar-refractivity contribution >= 4 is 11.3 Å². The van der Waals surface area contributed by atoms with Crippen LogP contribution in [0.2, 0.25) is 0 Å². The molecule has 1 aliphatic heterocycles. The van der Waals surface area contributed by atoms with Gasteiger partial charge in [0.05, 0.1) is 17.3 Å². The van der Waals surface area contributed by atoms with Gasteiger partial charge in [0.2, 0.25) is 0 Å². The fourth-order valence-electron chi connectivity index (χ4n) is 2.51. The molecule has 2 aromatic rings. The van der Waals surface area contributed by atoms with E-state index in [9.17, 15) is 0 Å². The second-order valence-corrected chi connectivity index (χ2v) is 6.14. The molecule has 1 aromatic carbocycles. The molecule has 1 atom stereocenters. The molecule has 3 nitrogen and oxygen atoms in total. The van der Waals surface area contributed by atoms with E-state index in [0.717, 1.165) is 36.0 Å². The second-order valence-electron chi connectivity index (χ2n) is 4.85. The van der Waals surface area contributed by atoms with E-state index in [-0.39, 0.29) is 0 Å². The molecule has 0 radical (unpaired) electrons. The molecule has 100 valence electrons. The number of fused-ring (bicyclic) bond motifs is 1. The number of hydrogen-bond acceptors (Lipinski definition) is 4. The summed E-state index contributed by atoms with van der Waals surface area (Å²) in [5.41, 5.74) is 2.42. The number of ether oxygens (including phenoxy) is 1. The van der Waals surface area contributed by atoms with Crippen LogP contribution in [0, 0.1) is 13.8 Å². The monoisotopic (exact) mass is 274 g/mol. The van der Waals surface area contributed by atoms with Crippen molar-refractivity contribution in [2.75, 3.05) is 6.61 Å². The molecule has 19 heavy (non-hydrogen) atoms. The number of benzene rings is 1. The van der Waals surface area contributed by atoms with Gasteiger partial charge in [-0.25, -0.2) is 4.98 Å². The molecule has 4 heteroatoms. The van der Waals surface area contributed by atoms with E-state index in [1.807, 2.05) is 12.1 Å². The molecule has 0 bridgehead atoms. The lowest BCUT2D eigenvalue weighted by Crippen LogP contribution is -2.26. The van der Waals surface area contributed by atoms with Crippen LogP contribution in [0.1, 0.15) is 33.6 Å². The zero-order valence-corrected chi connectivity index (χ0v) is 12.1. The predicted octanol–water partition coefficient (Wildman–Crippen LogP) is 3.37. The minimum absolute atomic E-state index is 0.381. The highest BCUT2D eigenvalue weighted by Gasteiger charge is 2.20. The Morgan fingerprint density at radius 2 is 2.21 bits per heavy atom. The molecule has 2 heterocycles. The summed E-state index contributed by atoms with van der Waals surface area (Å²) in [6, 6.07) is 8.68. The summed E-state index contributed by atoms with van der Waals surface area (Å²) in [5.74, 6) is 1.02. The standard InChI is InChI=1S/C15H18N2OS/c1-10-15(19-11(2)17-10)9-16-13-7-8-18-14-6-4-3-5-12(13)14/h3-6,13,16H,7-9H2,1-2H3. The molecule has 0 amide bonds. The third-order valence-electron chi connectivity index (χ3n) is 3.47. The summed E-state index contributed by atoms with van der Waals surface area (Å²) in [5, 5.41) is 4.78. The van der Waals surface area contributed by atoms with Crippen LogP contribution < -0.4 is 10.1 Å². The highest BCUT2D eigenvalue weighted by Crippen LogP contribution is 2.32. The summed E-state index contributed by atoms with van der Waals surface area (Å²) in [6.45, 7) is 5.81. The Kier molecular flexibility index (Phi) is 3.53. The van der Waals surface area contributed by atoms with Crippen LogP contribution >= 0.6 is 11.3 Å². The Bertz CT molecular complexity index is 579. The number of para-hydroxylation sites is 1. The molecule has 1 aromatic heterocycles. The van der Waals surface area contributed by atoms with Crippen LogP contribution in [0.3, 0.4) is 0 Å². The number of thiazole rings is 1. The first-order valence-electron chi connectivity index (χ1n) is 6.62. The van der Waals surface area contributed by atoms with Crippen LogP contribution in [-0.2, 0) is 6.54 Å². The first-order chi connectivity index (χ1) is 9.24. The van der Waals surface area contributed by atoms with E-state index in [1.54, 1.807) is 11.3 Å². The van der Waals surface area contributed by atoms with Gasteiger partial charge in [0, 0.05) is 29.4 Å². The van der Waals surface area contributed by atoms with Gasteiger partial charge in [0.25, 0.3) is 0 Å². The second kappa shape index (κ2) is 5.31. The number of rotatable bonds is 3. The highest BCUT2D eigenvalue weighted by atomic mass is 32.1. The van der Waals surface area contributed by atoms with Crippen molar-refractivity contribution in [3.05, 3.63) is 45.4 Å². The largest absolute Gasteiger partial charge is 0.493 e. The van der Waals surface area contributed by atoms with E-state index in [1.165, 1.54) is 10.4 Å². The van der Waals surface area contributed by atoms with Crippen molar-refractivity contribution in [3.8, 4) is 5.75 Å². The first kappa shape index (κ1) is 12.6. The lowest BCUT2D eigenvalue weighted by Gasteiger charge is -2.26. The van der Waals surface area contributed by atoms with Gasteiger partial charge in [0.1, 0.15) is 5.75 Å². The molecule has 1 N–H and O–H groups in total. The van der Waals surface area contributed by atoms with Crippen LogP contribution in [-0.4, -0.2) is 11.6 Å². The average Bonchev–Trinajstić information content (AvgIpc) is 2.74.